The molecule has 0 radical (unpaired) electrons. The predicted molar refractivity (Wildman–Crippen MR) is 127 cm³/mol. The van der Waals surface area contributed by atoms with E-state index >= 15 is 0 Å². The minimum Gasteiger partial charge on any atom is -0.508 e. The van der Waals surface area contributed by atoms with E-state index in [1.165, 1.54) is 33.4 Å². The topological polar surface area (TPSA) is 20.2 Å². The lowest BCUT2D eigenvalue weighted by Crippen LogP contribution is -1.96. The monoisotopic (exact) mass is 390 g/mol. The number of phenols is 1. The molecular weight excluding hydrogens is 364 g/mol. The van der Waals surface area contributed by atoms with E-state index in [1.54, 1.807) is 0 Å². The highest BCUT2D eigenvalue weighted by Crippen LogP contribution is 2.27. The third-order valence-corrected chi connectivity index (χ3v) is 5.52. The van der Waals surface area contributed by atoms with Crippen molar-refractivity contribution in [3.05, 3.63) is 136 Å². The minimum atomic E-state index is 0.337. The van der Waals surface area contributed by atoms with Crippen LogP contribution in [0.5, 0.6) is 5.75 Å². The molecule has 4 aromatic carbocycles. The van der Waals surface area contributed by atoms with Crippen LogP contribution < -0.4 is 0 Å². The van der Waals surface area contributed by atoms with Crippen LogP contribution >= 0.6 is 0 Å². The van der Waals surface area contributed by atoms with Crippen molar-refractivity contribution in [2.45, 2.75) is 20.3 Å². The third-order valence-electron chi connectivity index (χ3n) is 5.52. The first-order valence-corrected chi connectivity index (χ1v) is 10.3. The Bertz CT molecular complexity index is 1090. The van der Waals surface area contributed by atoms with Crippen LogP contribution in [-0.2, 0) is 6.42 Å². The van der Waals surface area contributed by atoms with E-state index < -0.39 is 0 Å². The molecule has 0 atom stereocenters. The van der Waals surface area contributed by atoms with Gasteiger partial charge in [-0.2, -0.15) is 0 Å². The zero-order valence-corrected chi connectivity index (χ0v) is 17.5. The number of hydrogen-bond acceptors (Lipinski definition) is 1. The number of benzene rings is 4. The van der Waals surface area contributed by atoms with E-state index in [0.717, 1.165) is 17.5 Å². The molecule has 4 aromatic rings. The molecule has 0 aromatic heterocycles. The quantitative estimate of drug-likeness (QED) is 0.358. The lowest BCUT2D eigenvalue weighted by Gasteiger charge is -2.12. The van der Waals surface area contributed by atoms with E-state index in [0.29, 0.717) is 5.75 Å². The lowest BCUT2D eigenvalue weighted by molar-refractivity contribution is 0.474. The molecule has 0 saturated carbocycles. The van der Waals surface area contributed by atoms with Crippen molar-refractivity contribution in [1.29, 1.82) is 0 Å². The maximum atomic E-state index is 9.79. The Morgan fingerprint density at radius 3 is 1.70 bits per heavy atom. The Labute approximate surface area is 179 Å². The Morgan fingerprint density at radius 2 is 1.20 bits per heavy atom. The molecule has 1 heteroatoms. The fourth-order valence-electron chi connectivity index (χ4n) is 3.92. The zero-order valence-electron chi connectivity index (χ0n) is 17.5. The molecule has 0 bridgehead atoms. The maximum absolute atomic E-state index is 9.79. The van der Waals surface area contributed by atoms with E-state index in [-0.39, 0.29) is 0 Å². The van der Waals surface area contributed by atoms with Crippen molar-refractivity contribution in [1.82, 2.24) is 0 Å². The van der Waals surface area contributed by atoms with Crippen LogP contribution in [0.1, 0.15) is 38.9 Å². The second-order valence-corrected chi connectivity index (χ2v) is 7.77. The maximum Gasteiger partial charge on any atom is 0.116 e. The summed E-state index contributed by atoms with van der Waals surface area (Å²) in [6.07, 6.45) is 3.12. The normalized spacial score (nSPS) is 10.6. The van der Waals surface area contributed by atoms with Gasteiger partial charge < -0.3 is 5.11 Å². The minimum absolute atomic E-state index is 0.337. The van der Waals surface area contributed by atoms with Crippen molar-refractivity contribution in [3.8, 4) is 5.75 Å². The first-order valence-electron chi connectivity index (χ1n) is 10.3. The molecule has 0 saturated heterocycles. The zero-order chi connectivity index (χ0) is 20.9. The van der Waals surface area contributed by atoms with E-state index in [4.69, 9.17) is 0 Å². The van der Waals surface area contributed by atoms with Crippen molar-refractivity contribution < 1.29 is 5.11 Å². The predicted octanol–water partition coefficient (Wildman–Crippen LogP) is 7.19. The van der Waals surface area contributed by atoms with Crippen molar-refractivity contribution in [3.63, 3.8) is 0 Å². The van der Waals surface area contributed by atoms with Crippen LogP contribution in [0.3, 0.4) is 0 Å². The summed E-state index contributed by atoms with van der Waals surface area (Å²) in [7, 11) is 0. The standard InChI is InChI=1S/C29H26O/c1-21-17-27(30)18-22(2)28(21)19-23-13-15-24(16-14-23)20-29(25-9-5-3-6-10-25)26-11-7-4-8-12-26/h3-18,20,30H,19H2,1-2H3. The average molecular weight is 391 g/mol. The van der Waals surface area contributed by atoms with E-state index in [2.05, 4.69) is 92.7 Å². The molecular formula is C29H26O. The van der Waals surface area contributed by atoms with Crippen LogP contribution in [-0.4, -0.2) is 5.11 Å². The highest BCUT2D eigenvalue weighted by molar-refractivity contribution is 5.91. The van der Waals surface area contributed by atoms with Crippen LogP contribution in [0.25, 0.3) is 11.6 Å². The highest BCUT2D eigenvalue weighted by Gasteiger charge is 2.07. The van der Waals surface area contributed by atoms with Gasteiger partial charge in [0.2, 0.25) is 0 Å². The molecule has 4 rings (SSSR count). The summed E-state index contributed by atoms with van der Waals surface area (Å²) in [5, 5.41) is 9.79. The summed E-state index contributed by atoms with van der Waals surface area (Å²) in [6.45, 7) is 4.12. The summed E-state index contributed by atoms with van der Waals surface area (Å²) in [6, 6.07) is 33.5. The van der Waals surface area contributed by atoms with Crippen molar-refractivity contribution >= 4 is 11.6 Å². The summed E-state index contributed by atoms with van der Waals surface area (Å²) in [4.78, 5) is 0. The van der Waals surface area contributed by atoms with Gasteiger partial charge in [-0.3, -0.25) is 0 Å². The largest absolute Gasteiger partial charge is 0.508 e. The van der Waals surface area contributed by atoms with Gasteiger partial charge in [0.1, 0.15) is 5.75 Å². The number of phenolic OH excluding ortho intramolecular Hbond substituents is 1. The van der Waals surface area contributed by atoms with Crippen LogP contribution in [0.2, 0.25) is 0 Å². The molecule has 0 spiro atoms. The molecule has 0 amide bonds. The second-order valence-electron chi connectivity index (χ2n) is 7.77. The Kier molecular flexibility index (Phi) is 5.81. The van der Waals surface area contributed by atoms with Gasteiger partial charge in [-0.1, -0.05) is 84.9 Å². The van der Waals surface area contributed by atoms with Crippen LogP contribution in [0.15, 0.2) is 97.1 Å². The van der Waals surface area contributed by atoms with Gasteiger partial charge in [-0.15, -0.1) is 0 Å². The molecule has 1 nitrogen and oxygen atoms in total. The van der Waals surface area contributed by atoms with Gasteiger partial charge in [0.25, 0.3) is 0 Å². The molecule has 148 valence electrons. The summed E-state index contributed by atoms with van der Waals surface area (Å²) < 4.78 is 0. The fourth-order valence-corrected chi connectivity index (χ4v) is 3.92. The van der Waals surface area contributed by atoms with Crippen molar-refractivity contribution in [2.75, 3.05) is 0 Å². The molecule has 1 N–H and O–H groups in total. The summed E-state index contributed by atoms with van der Waals surface area (Å²) in [5.41, 5.74) is 9.63. The van der Waals surface area contributed by atoms with E-state index in [1.807, 2.05) is 24.3 Å². The number of hydrogen-bond donors (Lipinski definition) is 1. The van der Waals surface area contributed by atoms with E-state index in [9.17, 15) is 5.11 Å². The number of aromatic hydroxyl groups is 1. The molecule has 0 aliphatic rings. The summed E-state index contributed by atoms with van der Waals surface area (Å²) in [5.74, 6) is 0.337. The molecule has 30 heavy (non-hydrogen) atoms. The Hall–Kier alpha value is -3.58. The highest BCUT2D eigenvalue weighted by atomic mass is 16.3. The van der Waals surface area contributed by atoms with Gasteiger partial charge in [-0.05, 0) is 83.0 Å². The van der Waals surface area contributed by atoms with Gasteiger partial charge in [-0.25, -0.2) is 0 Å². The molecule has 0 aliphatic carbocycles. The number of rotatable bonds is 5. The van der Waals surface area contributed by atoms with Crippen molar-refractivity contribution in [2.24, 2.45) is 0 Å². The molecule has 0 fully saturated rings. The fraction of sp³-hybridized carbons (Fsp3) is 0.103. The van der Waals surface area contributed by atoms with Gasteiger partial charge >= 0.3 is 0 Å². The SMILES string of the molecule is Cc1cc(O)cc(C)c1Cc1ccc(C=C(c2ccccc2)c2ccccc2)cc1. The Balaban J connectivity index is 1.65. The molecule has 0 heterocycles. The molecule has 0 aliphatic heterocycles. The first kappa shape index (κ1) is 19.7. The van der Waals surface area contributed by atoms with Gasteiger partial charge in [0.05, 0.1) is 0 Å². The third kappa shape index (κ3) is 4.52. The first-order chi connectivity index (χ1) is 14.6. The average Bonchev–Trinajstić information content (AvgIpc) is 2.77. The smallest absolute Gasteiger partial charge is 0.116 e. The van der Waals surface area contributed by atoms with Gasteiger partial charge in [0, 0.05) is 0 Å². The lowest BCUT2D eigenvalue weighted by atomic mass is 9.93. The van der Waals surface area contributed by atoms with Gasteiger partial charge in [0.15, 0.2) is 0 Å². The van der Waals surface area contributed by atoms with Crippen LogP contribution in [0, 0.1) is 13.8 Å². The van der Waals surface area contributed by atoms with Crippen LogP contribution in [0.4, 0.5) is 0 Å². The second kappa shape index (κ2) is 8.84. The Morgan fingerprint density at radius 1 is 0.700 bits per heavy atom. The summed E-state index contributed by atoms with van der Waals surface area (Å²) >= 11 is 0. The number of aryl methyl sites for hydroxylation is 2. The molecule has 0 unspecified atom stereocenters.